The molecule has 0 aromatic heterocycles. The van der Waals surface area contributed by atoms with Gasteiger partial charge in [-0.3, -0.25) is 0 Å². The van der Waals surface area contributed by atoms with Crippen LogP contribution in [0.1, 0.15) is 31.7 Å². The summed E-state index contributed by atoms with van der Waals surface area (Å²) in [5, 5.41) is 4.52. The van der Waals surface area contributed by atoms with Gasteiger partial charge in [-0.15, -0.1) is 0 Å². The second-order valence-corrected chi connectivity index (χ2v) is 5.97. The van der Waals surface area contributed by atoms with Crippen LogP contribution in [-0.4, -0.2) is 24.2 Å². The van der Waals surface area contributed by atoms with Crippen LogP contribution in [0.5, 0.6) is 5.75 Å². The molecule has 0 bridgehead atoms. The zero-order valence-corrected chi connectivity index (χ0v) is 12.1. The van der Waals surface area contributed by atoms with Crippen molar-refractivity contribution in [3.63, 3.8) is 0 Å². The van der Waals surface area contributed by atoms with Crippen molar-refractivity contribution in [1.82, 2.24) is 5.32 Å². The Bertz CT molecular complexity index is 369. The molecular formula is C15H23NOS. The molecule has 0 spiro atoms. The summed E-state index contributed by atoms with van der Waals surface area (Å²) >= 11 is 2.01. The predicted octanol–water partition coefficient (Wildman–Crippen LogP) is 3.46. The summed E-state index contributed by atoms with van der Waals surface area (Å²) in [4.78, 5) is 0. The molecule has 2 unspecified atom stereocenters. The van der Waals surface area contributed by atoms with Crippen molar-refractivity contribution in [1.29, 1.82) is 0 Å². The van der Waals surface area contributed by atoms with Gasteiger partial charge in [-0.25, -0.2) is 0 Å². The molecule has 18 heavy (non-hydrogen) atoms. The Balaban J connectivity index is 1.81. The van der Waals surface area contributed by atoms with Crippen LogP contribution in [0, 0.1) is 0 Å². The SMILES string of the molecule is CCOc1cccc(CNC2CCC(SC)C2)c1. The lowest BCUT2D eigenvalue weighted by Crippen LogP contribution is -2.26. The van der Waals surface area contributed by atoms with Crippen molar-refractivity contribution in [2.24, 2.45) is 0 Å². The monoisotopic (exact) mass is 265 g/mol. The third-order valence-corrected chi connectivity index (χ3v) is 4.62. The van der Waals surface area contributed by atoms with Crippen molar-refractivity contribution in [3.8, 4) is 5.75 Å². The fourth-order valence-corrected chi connectivity index (χ4v) is 3.31. The second kappa shape index (κ2) is 7.05. The van der Waals surface area contributed by atoms with Gasteiger partial charge >= 0.3 is 0 Å². The summed E-state index contributed by atoms with van der Waals surface area (Å²) in [6.07, 6.45) is 6.21. The number of hydrogen-bond acceptors (Lipinski definition) is 3. The van der Waals surface area contributed by atoms with Crippen molar-refractivity contribution < 1.29 is 4.74 Å². The van der Waals surface area contributed by atoms with Gasteiger partial charge in [-0.1, -0.05) is 12.1 Å². The van der Waals surface area contributed by atoms with Crippen LogP contribution in [-0.2, 0) is 6.54 Å². The highest BCUT2D eigenvalue weighted by Crippen LogP contribution is 2.28. The number of benzene rings is 1. The van der Waals surface area contributed by atoms with Crippen LogP contribution in [0.15, 0.2) is 24.3 Å². The Morgan fingerprint density at radius 1 is 1.39 bits per heavy atom. The third kappa shape index (κ3) is 3.92. The van der Waals surface area contributed by atoms with E-state index in [1.807, 2.05) is 24.8 Å². The molecule has 1 aromatic rings. The van der Waals surface area contributed by atoms with E-state index in [4.69, 9.17) is 4.74 Å². The Labute approximate surface area is 114 Å². The van der Waals surface area contributed by atoms with E-state index in [1.54, 1.807) is 0 Å². The molecule has 1 N–H and O–H groups in total. The van der Waals surface area contributed by atoms with Gasteiger partial charge in [-0.05, 0) is 50.1 Å². The molecule has 3 heteroatoms. The summed E-state index contributed by atoms with van der Waals surface area (Å²) < 4.78 is 5.52. The molecule has 1 aromatic carbocycles. The number of ether oxygens (including phenoxy) is 1. The fraction of sp³-hybridized carbons (Fsp3) is 0.600. The van der Waals surface area contributed by atoms with Gasteiger partial charge in [-0.2, -0.15) is 11.8 Å². The quantitative estimate of drug-likeness (QED) is 0.851. The average molecular weight is 265 g/mol. The normalized spacial score (nSPS) is 23.2. The minimum Gasteiger partial charge on any atom is -0.494 e. The Hall–Kier alpha value is -0.670. The number of rotatable bonds is 6. The van der Waals surface area contributed by atoms with Gasteiger partial charge in [0.1, 0.15) is 5.75 Å². The molecule has 2 rings (SSSR count). The van der Waals surface area contributed by atoms with E-state index < -0.39 is 0 Å². The summed E-state index contributed by atoms with van der Waals surface area (Å²) in [6, 6.07) is 9.08. The maximum atomic E-state index is 5.52. The van der Waals surface area contributed by atoms with E-state index in [-0.39, 0.29) is 0 Å². The zero-order chi connectivity index (χ0) is 12.8. The molecule has 1 fully saturated rings. The van der Waals surface area contributed by atoms with E-state index in [0.717, 1.165) is 24.2 Å². The van der Waals surface area contributed by atoms with E-state index in [0.29, 0.717) is 6.04 Å². The lowest BCUT2D eigenvalue weighted by molar-refractivity contribution is 0.339. The van der Waals surface area contributed by atoms with Gasteiger partial charge < -0.3 is 10.1 Å². The summed E-state index contributed by atoms with van der Waals surface area (Å²) in [5.41, 5.74) is 1.31. The topological polar surface area (TPSA) is 21.3 Å². The first-order chi connectivity index (χ1) is 8.81. The minimum atomic E-state index is 0.693. The minimum absolute atomic E-state index is 0.693. The predicted molar refractivity (Wildman–Crippen MR) is 79.4 cm³/mol. The molecular weight excluding hydrogens is 242 g/mol. The molecule has 0 heterocycles. The first-order valence-corrected chi connectivity index (χ1v) is 8.08. The zero-order valence-electron chi connectivity index (χ0n) is 11.3. The van der Waals surface area contributed by atoms with E-state index >= 15 is 0 Å². The van der Waals surface area contributed by atoms with Crippen LogP contribution in [0.2, 0.25) is 0 Å². The number of thioether (sulfide) groups is 1. The summed E-state index contributed by atoms with van der Waals surface area (Å²) in [5.74, 6) is 0.977. The van der Waals surface area contributed by atoms with E-state index in [1.165, 1.54) is 24.8 Å². The summed E-state index contributed by atoms with van der Waals surface area (Å²) in [7, 11) is 0. The third-order valence-electron chi connectivity index (χ3n) is 3.52. The van der Waals surface area contributed by atoms with Crippen LogP contribution >= 0.6 is 11.8 Å². The van der Waals surface area contributed by atoms with Crippen molar-refractivity contribution >= 4 is 11.8 Å². The van der Waals surface area contributed by atoms with E-state index in [9.17, 15) is 0 Å². The molecule has 1 aliphatic carbocycles. The number of hydrogen-bond donors (Lipinski definition) is 1. The molecule has 100 valence electrons. The Morgan fingerprint density at radius 2 is 2.28 bits per heavy atom. The van der Waals surface area contributed by atoms with Crippen molar-refractivity contribution in [3.05, 3.63) is 29.8 Å². The maximum Gasteiger partial charge on any atom is 0.119 e. The van der Waals surface area contributed by atoms with Crippen molar-refractivity contribution in [2.45, 2.75) is 44.0 Å². The first-order valence-electron chi connectivity index (χ1n) is 6.79. The van der Waals surface area contributed by atoms with Crippen LogP contribution < -0.4 is 10.1 Å². The molecule has 0 amide bonds. The van der Waals surface area contributed by atoms with Crippen LogP contribution in [0.25, 0.3) is 0 Å². The van der Waals surface area contributed by atoms with Crippen LogP contribution in [0.3, 0.4) is 0 Å². The van der Waals surface area contributed by atoms with Gasteiger partial charge in [0.05, 0.1) is 6.61 Å². The average Bonchev–Trinajstić information content (AvgIpc) is 2.85. The maximum absolute atomic E-state index is 5.52. The molecule has 2 atom stereocenters. The Morgan fingerprint density at radius 3 is 3.00 bits per heavy atom. The molecule has 1 aliphatic rings. The second-order valence-electron chi connectivity index (χ2n) is 4.83. The van der Waals surface area contributed by atoms with Gasteiger partial charge in [0.15, 0.2) is 0 Å². The van der Waals surface area contributed by atoms with Crippen molar-refractivity contribution in [2.75, 3.05) is 12.9 Å². The molecule has 1 saturated carbocycles. The van der Waals surface area contributed by atoms with Gasteiger partial charge in [0, 0.05) is 17.8 Å². The van der Waals surface area contributed by atoms with Gasteiger partial charge in [0.2, 0.25) is 0 Å². The smallest absolute Gasteiger partial charge is 0.119 e. The molecule has 0 radical (unpaired) electrons. The highest BCUT2D eigenvalue weighted by Gasteiger charge is 2.23. The molecule has 2 nitrogen and oxygen atoms in total. The standard InChI is InChI=1S/C15H23NOS/c1-3-17-14-6-4-5-12(9-14)11-16-13-7-8-15(10-13)18-2/h4-6,9,13,15-16H,3,7-8,10-11H2,1-2H3. The first kappa shape index (κ1) is 13.8. The van der Waals surface area contributed by atoms with Crippen LogP contribution in [0.4, 0.5) is 0 Å². The molecule has 0 saturated heterocycles. The largest absolute Gasteiger partial charge is 0.494 e. The van der Waals surface area contributed by atoms with E-state index in [2.05, 4.69) is 29.8 Å². The highest BCUT2D eigenvalue weighted by atomic mass is 32.2. The highest BCUT2D eigenvalue weighted by molar-refractivity contribution is 7.99. The lowest BCUT2D eigenvalue weighted by atomic mass is 10.2. The lowest BCUT2D eigenvalue weighted by Gasteiger charge is -2.13. The fourth-order valence-electron chi connectivity index (χ4n) is 2.51. The summed E-state index contributed by atoms with van der Waals surface area (Å²) in [6.45, 7) is 3.70. The Kier molecular flexibility index (Phi) is 5.39. The number of nitrogens with one attached hydrogen (secondary N) is 1. The molecule has 0 aliphatic heterocycles. The van der Waals surface area contributed by atoms with Gasteiger partial charge in [0.25, 0.3) is 0 Å².